The maximum Gasteiger partial charge on any atom is 0.494 e. The number of rotatable bonds is 7. The fourth-order valence-electron chi connectivity index (χ4n) is 10.6. The lowest BCUT2D eigenvalue weighted by Crippen LogP contribution is -2.41. The highest BCUT2D eigenvalue weighted by atomic mass is 79.9. The van der Waals surface area contributed by atoms with Crippen molar-refractivity contribution in [2.75, 3.05) is 0 Å². The third-order valence-electron chi connectivity index (χ3n) is 15.0. The highest BCUT2D eigenvalue weighted by Crippen LogP contribution is 2.50. The molecule has 5 heteroatoms. The van der Waals surface area contributed by atoms with Crippen LogP contribution in [0.15, 0.2) is 253 Å². The van der Waals surface area contributed by atoms with E-state index in [1.165, 1.54) is 72.0 Å². The molecule has 1 aliphatic rings. The van der Waals surface area contributed by atoms with E-state index in [1.54, 1.807) is 0 Å². The van der Waals surface area contributed by atoms with Gasteiger partial charge in [0.15, 0.2) is 0 Å². The van der Waals surface area contributed by atoms with Gasteiger partial charge in [0.05, 0.1) is 22.2 Å². The summed E-state index contributed by atoms with van der Waals surface area (Å²) in [5, 5.41) is 7.01. The molecular formula is C69H53BBrNO2. The smallest absolute Gasteiger partial charge is 0.399 e. The summed E-state index contributed by atoms with van der Waals surface area (Å²) in [5.74, 6) is 0. The average molecular weight is 1020 g/mol. The van der Waals surface area contributed by atoms with Gasteiger partial charge in [0.25, 0.3) is 0 Å². The second-order valence-corrected chi connectivity index (χ2v) is 21.0. The van der Waals surface area contributed by atoms with E-state index in [4.69, 9.17) is 14.3 Å². The number of hydrogen-bond acceptors (Lipinski definition) is 3. The molecule has 0 N–H and O–H groups in total. The molecule has 0 radical (unpaired) electrons. The van der Waals surface area contributed by atoms with Gasteiger partial charge in [-0.3, -0.25) is 0 Å². The van der Waals surface area contributed by atoms with Crippen molar-refractivity contribution in [3.63, 3.8) is 0 Å². The van der Waals surface area contributed by atoms with Gasteiger partial charge < -0.3 is 9.31 Å². The average Bonchev–Trinajstić information content (AvgIpc) is 3.69. The summed E-state index contributed by atoms with van der Waals surface area (Å²) in [4.78, 5) is 5.31. The molecule has 1 aromatic heterocycles. The Kier molecular flexibility index (Phi) is 12.4. The third kappa shape index (κ3) is 8.71. The van der Waals surface area contributed by atoms with Crippen molar-refractivity contribution in [2.24, 2.45) is 0 Å². The fourth-order valence-corrected chi connectivity index (χ4v) is 10.9. The predicted molar refractivity (Wildman–Crippen MR) is 317 cm³/mol. The molecule has 1 aliphatic heterocycles. The number of benzene rings is 11. The van der Waals surface area contributed by atoms with Crippen LogP contribution in [0.3, 0.4) is 0 Å². The molecule has 3 nitrogen and oxygen atoms in total. The van der Waals surface area contributed by atoms with Crippen LogP contribution in [0.4, 0.5) is 0 Å². The minimum absolute atomic E-state index is 0.387. The van der Waals surface area contributed by atoms with Crippen molar-refractivity contribution in [1.82, 2.24) is 4.98 Å². The van der Waals surface area contributed by atoms with Crippen LogP contribution in [-0.2, 0) is 9.31 Å². The Hall–Kier alpha value is -7.93. The Morgan fingerprint density at radius 1 is 0.338 bits per heavy atom. The Bertz CT molecular complexity index is 3900. The molecule has 0 saturated carbocycles. The number of nitrogens with zero attached hydrogens (tertiary/aromatic N) is 1. The van der Waals surface area contributed by atoms with Crippen LogP contribution >= 0.6 is 15.9 Å². The maximum atomic E-state index is 6.40. The van der Waals surface area contributed by atoms with Gasteiger partial charge in [-0.1, -0.05) is 246 Å². The van der Waals surface area contributed by atoms with E-state index in [1.807, 2.05) is 0 Å². The lowest BCUT2D eigenvalue weighted by atomic mass is 9.77. The highest BCUT2D eigenvalue weighted by Gasteiger charge is 2.51. The molecule has 0 bridgehead atoms. The molecule has 2 heterocycles. The van der Waals surface area contributed by atoms with Gasteiger partial charge in [-0.2, -0.15) is 0 Å². The van der Waals surface area contributed by atoms with Crippen LogP contribution in [0.5, 0.6) is 0 Å². The summed E-state index contributed by atoms with van der Waals surface area (Å²) in [6, 6.07) is 88.7. The van der Waals surface area contributed by atoms with Gasteiger partial charge in [-0.25, -0.2) is 4.98 Å². The van der Waals surface area contributed by atoms with E-state index < -0.39 is 7.12 Å². The molecular weight excluding hydrogens is 965 g/mol. The van der Waals surface area contributed by atoms with Crippen molar-refractivity contribution >= 4 is 71.9 Å². The van der Waals surface area contributed by atoms with Gasteiger partial charge in [-0.15, -0.1) is 0 Å². The first-order valence-electron chi connectivity index (χ1n) is 25.4. The van der Waals surface area contributed by atoms with Crippen LogP contribution in [0.25, 0.3) is 110 Å². The third-order valence-corrected chi connectivity index (χ3v) is 15.5. The number of aromatic nitrogens is 1. The summed E-state index contributed by atoms with van der Waals surface area (Å²) in [5.41, 5.74) is 16.8. The lowest BCUT2D eigenvalue weighted by Gasteiger charge is -2.32. The van der Waals surface area contributed by atoms with E-state index in [0.717, 1.165) is 48.1 Å². The van der Waals surface area contributed by atoms with Gasteiger partial charge in [0.2, 0.25) is 0 Å². The second kappa shape index (κ2) is 19.5. The van der Waals surface area contributed by atoms with Gasteiger partial charge in [0, 0.05) is 31.6 Å². The lowest BCUT2D eigenvalue weighted by molar-refractivity contribution is 0.00578. The molecule has 74 heavy (non-hydrogen) atoms. The minimum Gasteiger partial charge on any atom is -0.399 e. The van der Waals surface area contributed by atoms with Crippen molar-refractivity contribution in [1.29, 1.82) is 0 Å². The molecule has 11 aromatic carbocycles. The molecule has 0 atom stereocenters. The highest BCUT2D eigenvalue weighted by molar-refractivity contribution is 9.10. The Labute approximate surface area is 442 Å². The summed E-state index contributed by atoms with van der Waals surface area (Å²) in [7, 11) is -0.411. The van der Waals surface area contributed by atoms with Crippen molar-refractivity contribution in [2.45, 2.75) is 38.9 Å². The normalized spacial score (nSPS) is 13.8. The molecule has 13 rings (SSSR count). The quantitative estimate of drug-likeness (QED) is 0.0906. The molecule has 12 aromatic rings. The molecule has 0 amide bonds. The van der Waals surface area contributed by atoms with E-state index in [0.29, 0.717) is 0 Å². The molecule has 0 unspecified atom stereocenters. The summed E-state index contributed by atoms with van der Waals surface area (Å²) in [6.45, 7) is 8.38. The number of fused-ring (bicyclic) bond motifs is 6. The first kappa shape index (κ1) is 47.1. The summed E-state index contributed by atoms with van der Waals surface area (Å²) < 4.78 is 13.9. The van der Waals surface area contributed by atoms with E-state index in [2.05, 4.69) is 292 Å². The van der Waals surface area contributed by atoms with Gasteiger partial charge in [-0.05, 0) is 123 Å². The summed E-state index contributed by atoms with van der Waals surface area (Å²) in [6.07, 6.45) is 0. The molecule has 1 fully saturated rings. The van der Waals surface area contributed by atoms with Crippen LogP contribution in [0.1, 0.15) is 27.7 Å². The maximum absolute atomic E-state index is 6.40. The van der Waals surface area contributed by atoms with Crippen molar-refractivity contribution in [3.05, 3.63) is 253 Å². The first-order chi connectivity index (χ1) is 36.1. The zero-order valence-corrected chi connectivity index (χ0v) is 43.5. The molecule has 0 spiro atoms. The molecule has 1 saturated heterocycles. The number of hydrogen-bond donors (Lipinski definition) is 0. The standard InChI is InChI=1S/C36H25Br.C33H28BNO2/c37-31-23-21-27(22-24-31)33-25-32(26-13-5-1-6-14-26)34(28-15-7-2-8-16-28)36(30-19-11-4-12-20-30)35(33)29-17-9-3-10-18-29;1-32(2)33(3,4)37-34(36-32)24-13-9-12-23(20-24)29-27-18-16-21-10-5-7-14-25(21)30(27)35-31-26-15-8-6-11-22(26)17-19-28(29)31/h1-25H;5-20H,1-4H3. The second-order valence-electron chi connectivity index (χ2n) is 20.1. The molecule has 0 aliphatic carbocycles. The van der Waals surface area contributed by atoms with E-state index >= 15 is 0 Å². The predicted octanol–water partition coefficient (Wildman–Crippen LogP) is 18.4. The minimum atomic E-state index is -0.411. The fraction of sp³-hybridized carbons (Fsp3) is 0.0870. The van der Waals surface area contributed by atoms with E-state index in [-0.39, 0.29) is 11.2 Å². The summed E-state index contributed by atoms with van der Waals surface area (Å²) >= 11 is 3.63. The van der Waals surface area contributed by atoms with Crippen LogP contribution < -0.4 is 5.46 Å². The first-order valence-corrected chi connectivity index (χ1v) is 26.2. The Morgan fingerprint density at radius 3 is 1.23 bits per heavy atom. The zero-order valence-electron chi connectivity index (χ0n) is 41.9. The van der Waals surface area contributed by atoms with Crippen LogP contribution in [0.2, 0.25) is 0 Å². The van der Waals surface area contributed by atoms with Crippen molar-refractivity contribution < 1.29 is 9.31 Å². The van der Waals surface area contributed by atoms with Crippen LogP contribution in [0, 0.1) is 0 Å². The topological polar surface area (TPSA) is 31.4 Å². The van der Waals surface area contributed by atoms with Gasteiger partial charge in [0.1, 0.15) is 0 Å². The van der Waals surface area contributed by atoms with Gasteiger partial charge >= 0.3 is 7.12 Å². The SMILES string of the molecule is Brc1ccc(-c2cc(-c3ccccc3)c(-c3ccccc3)c(-c3ccccc3)c2-c2ccccc2)cc1.CC1(C)OB(c2cccc(-c3c4ccc5ccccc5c4nc4c3ccc3ccccc34)c2)OC1(C)C. The number of halogens is 1. The Morgan fingerprint density at radius 2 is 0.743 bits per heavy atom. The zero-order chi connectivity index (χ0) is 50.4. The number of pyridine rings is 1. The van der Waals surface area contributed by atoms with E-state index in [9.17, 15) is 0 Å². The van der Waals surface area contributed by atoms with Crippen LogP contribution in [-0.4, -0.2) is 23.3 Å². The monoisotopic (exact) mass is 1020 g/mol. The Balaban J connectivity index is 0.000000150. The van der Waals surface area contributed by atoms with Crippen molar-refractivity contribution in [3.8, 4) is 66.8 Å². The molecule has 356 valence electrons. The largest absolute Gasteiger partial charge is 0.494 e.